The van der Waals surface area contributed by atoms with Gasteiger partial charge in [0.15, 0.2) is 5.82 Å². The summed E-state index contributed by atoms with van der Waals surface area (Å²) in [6.45, 7) is 4.15. The predicted octanol–water partition coefficient (Wildman–Crippen LogP) is 2.08. The van der Waals surface area contributed by atoms with Crippen LogP contribution in [0.2, 0.25) is 0 Å². The summed E-state index contributed by atoms with van der Waals surface area (Å²) in [5.74, 6) is 0.920. The number of nitrogens with one attached hydrogen (secondary N) is 2. The van der Waals surface area contributed by atoms with Crippen LogP contribution in [0.3, 0.4) is 0 Å². The Hall–Kier alpha value is -2.94. The molecule has 2 aromatic rings. The molecule has 1 aromatic carbocycles. The maximum atomic E-state index is 9.01. The molecule has 0 bridgehead atoms. The van der Waals surface area contributed by atoms with Gasteiger partial charge >= 0.3 is 0 Å². The Labute approximate surface area is 110 Å². The van der Waals surface area contributed by atoms with Crippen molar-refractivity contribution in [3.63, 3.8) is 0 Å². The lowest BCUT2D eigenvalue weighted by Crippen LogP contribution is -2.06. The van der Waals surface area contributed by atoms with E-state index in [1.54, 1.807) is 24.3 Å². The van der Waals surface area contributed by atoms with Crippen molar-refractivity contribution in [2.75, 3.05) is 17.2 Å². The molecule has 0 amide bonds. The fraction of sp³-hybridized carbons (Fsp3) is 0.0769. The molecule has 2 N–H and O–H groups in total. The minimum atomic E-state index is 0.402. The molecule has 0 fully saturated rings. The van der Waals surface area contributed by atoms with Crippen LogP contribution >= 0.6 is 0 Å². The van der Waals surface area contributed by atoms with E-state index in [1.165, 1.54) is 6.20 Å². The summed E-state index contributed by atoms with van der Waals surface area (Å²) < 4.78 is 0. The first-order valence-corrected chi connectivity index (χ1v) is 5.64. The first kappa shape index (κ1) is 12.5. The third-order valence-corrected chi connectivity index (χ3v) is 2.27. The normalized spacial score (nSPS) is 9.42. The highest BCUT2D eigenvalue weighted by Gasteiger charge is 2.03. The van der Waals surface area contributed by atoms with Crippen molar-refractivity contribution in [2.45, 2.75) is 0 Å². The van der Waals surface area contributed by atoms with Crippen molar-refractivity contribution in [3.8, 4) is 6.07 Å². The molecule has 0 unspecified atom stereocenters. The van der Waals surface area contributed by atoms with Gasteiger partial charge in [-0.3, -0.25) is 0 Å². The Morgan fingerprint density at radius 3 is 3.00 bits per heavy atom. The molecule has 6 heteroatoms. The number of para-hydroxylation sites is 1. The van der Waals surface area contributed by atoms with Gasteiger partial charge in [0.05, 0.1) is 17.4 Å². The molecule has 6 nitrogen and oxygen atoms in total. The molecular formula is C13H12N6. The summed E-state index contributed by atoms with van der Waals surface area (Å²) >= 11 is 0. The number of hydrogen-bond donors (Lipinski definition) is 2. The summed E-state index contributed by atoms with van der Waals surface area (Å²) in [7, 11) is 0. The maximum Gasteiger partial charge on any atom is 0.244 e. The van der Waals surface area contributed by atoms with Crippen LogP contribution < -0.4 is 10.6 Å². The molecule has 0 saturated heterocycles. The van der Waals surface area contributed by atoms with E-state index in [1.807, 2.05) is 6.07 Å². The zero-order chi connectivity index (χ0) is 13.5. The molecule has 1 heterocycles. The number of rotatable bonds is 5. The van der Waals surface area contributed by atoms with Gasteiger partial charge in [-0.1, -0.05) is 18.2 Å². The zero-order valence-corrected chi connectivity index (χ0v) is 10.2. The summed E-state index contributed by atoms with van der Waals surface area (Å²) in [4.78, 5) is 4.23. The van der Waals surface area contributed by atoms with E-state index in [2.05, 4.69) is 38.5 Å². The standard InChI is InChI=1S/C13H12N6/c1-2-7-15-13-18-12(9-16-19-13)17-11-6-4-3-5-10(11)8-14/h2-6,9H,1,7H2,(H2,15,17,18,19). The van der Waals surface area contributed by atoms with Gasteiger partial charge in [0, 0.05) is 6.54 Å². The van der Waals surface area contributed by atoms with Crippen LogP contribution in [0.5, 0.6) is 0 Å². The van der Waals surface area contributed by atoms with Crippen molar-refractivity contribution in [3.05, 3.63) is 48.7 Å². The molecule has 2 rings (SSSR count). The lowest BCUT2D eigenvalue weighted by molar-refractivity contribution is 0.968. The molecule has 0 radical (unpaired) electrons. The highest BCUT2D eigenvalue weighted by atomic mass is 15.3. The van der Waals surface area contributed by atoms with E-state index in [0.29, 0.717) is 29.6 Å². The molecule has 0 saturated carbocycles. The minimum Gasteiger partial charge on any atom is -0.349 e. The maximum absolute atomic E-state index is 9.01. The summed E-state index contributed by atoms with van der Waals surface area (Å²) in [6, 6.07) is 9.29. The van der Waals surface area contributed by atoms with Gasteiger partial charge in [-0.15, -0.1) is 11.7 Å². The van der Waals surface area contributed by atoms with Gasteiger partial charge in [0.25, 0.3) is 0 Å². The zero-order valence-electron chi connectivity index (χ0n) is 10.2. The Kier molecular flexibility index (Phi) is 4.03. The van der Waals surface area contributed by atoms with Crippen molar-refractivity contribution >= 4 is 17.5 Å². The van der Waals surface area contributed by atoms with Gasteiger partial charge in [-0.05, 0) is 12.1 Å². The minimum absolute atomic E-state index is 0.402. The number of aromatic nitrogens is 3. The van der Waals surface area contributed by atoms with Gasteiger partial charge in [-0.25, -0.2) is 0 Å². The van der Waals surface area contributed by atoms with Crippen LogP contribution in [-0.2, 0) is 0 Å². The number of nitrogens with zero attached hydrogens (tertiary/aromatic N) is 4. The Balaban J connectivity index is 2.19. The third-order valence-electron chi connectivity index (χ3n) is 2.27. The van der Waals surface area contributed by atoms with Crippen LogP contribution in [0.4, 0.5) is 17.5 Å². The molecule has 19 heavy (non-hydrogen) atoms. The van der Waals surface area contributed by atoms with Crippen molar-refractivity contribution in [1.82, 2.24) is 15.2 Å². The topological polar surface area (TPSA) is 86.5 Å². The second-order valence-corrected chi connectivity index (χ2v) is 3.62. The van der Waals surface area contributed by atoms with E-state index in [0.717, 1.165) is 0 Å². The highest BCUT2D eigenvalue weighted by Crippen LogP contribution is 2.18. The second-order valence-electron chi connectivity index (χ2n) is 3.62. The fourth-order valence-electron chi connectivity index (χ4n) is 1.43. The quantitative estimate of drug-likeness (QED) is 0.792. The molecule has 1 aromatic heterocycles. The molecule has 94 valence electrons. The molecule has 0 aliphatic carbocycles. The average molecular weight is 252 g/mol. The van der Waals surface area contributed by atoms with Crippen molar-refractivity contribution < 1.29 is 0 Å². The lowest BCUT2D eigenvalue weighted by atomic mass is 10.2. The smallest absolute Gasteiger partial charge is 0.244 e. The number of anilines is 3. The van der Waals surface area contributed by atoms with Crippen molar-refractivity contribution in [1.29, 1.82) is 5.26 Å². The predicted molar refractivity (Wildman–Crippen MR) is 73.0 cm³/mol. The van der Waals surface area contributed by atoms with Gasteiger partial charge in [0.2, 0.25) is 5.95 Å². The summed E-state index contributed by atoms with van der Waals surface area (Å²) in [5.41, 5.74) is 1.22. The van der Waals surface area contributed by atoms with Crippen LogP contribution in [0, 0.1) is 11.3 Å². The van der Waals surface area contributed by atoms with Gasteiger partial charge in [0.1, 0.15) is 6.07 Å². The van der Waals surface area contributed by atoms with E-state index >= 15 is 0 Å². The first-order valence-electron chi connectivity index (χ1n) is 5.64. The molecule has 0 aliphatic rings. The Morgan fingerprint density at radius 1 is 1.37 bits per heavy atom. The van der Waals surface area contributed by atoms with E-state index in [9.17, 15) is 0 Å². The van der Waals surface area contributed by atoms with Crippen LogP contribution in [0.15, 0.2) is 43.1 Å². The number of hydrogen-bond acceptors (Lipinski definition) is 6. The number of nitriles is 1. The van der Waals surface area contributed by atoms with Gasteiger partial charge < -0.3 is 10.6 Å². The Morgan fingerprint density at radius 2 is 2.21 bits per heavy atom. The number of benzene rings is 1. The molecule has 0 aliphatic heterocycles. The Bertz CT molecular complexity index is 617. The van der Waals surface area contributed by atoms with E-state index in [-0.39, 0.29) is 0 Å². The van der Waals surface area contributed by atoms with Crippen LogP contribution in [0.1, 0.15) is 5.56 Å². The molecular weight excluding hydrogens is 240 g/mol. The van der Waals surface area contributed by atoms with Crippen LogP contribution in [0.25, 0.3) is 0 Å². The second kappa shape index (κ2) is 6.12. The third kappa shape index (κ3) is 3.26. The fourth-order valence-corrected chi connectivity index (χ4v) is 1.43. The average Bonchev–Trinajstić information content (AvgIpc) is 2.46. The molecule has 0 spiro atoms. The highest BCUT2D eigenvalue weighted by molar-refractivity contribution is 5.64. The van der Waals surface area contributed by atoms with Gasteiger partial charge in [-0.2, -0.15) is 15.3 Å². The summed E-state index contributed by atoms with van der Waals surface area (Å²) in [6.07, 6.45) is 3.20. The van der Waals surface area contributed by atoms with E-state index < -0.39 is 0 Å². The summed E-state index contributed by atoms with van der Waals surface area (Å²) in [5, 5.41) is 22.7. The largest absolute Gasteiger partial charge is 0.349 e. The molecule has 0 atom stereocenters. The van der Waals surface area contributed by atoms with Crippen LogP contribution in [-0.4, -0.2) is 21.7 Å². The van der Waals surface area contributed by atoms with E-state index in [4.69, 9.17) is 5.26 Å². The van der Waals surface area contributed by atoms with Crippen molar-refractivity contribution in [2.24, 2.45) is 0 Å². The first-order chi connectivity index (χ1) is 9.33. The lowest BCUT2D eigenvalue weighted by Gasteiger charge is -2.07. The monoisotopic (exact) mass is 252 g/mol. The SMILES string of the molecule is C=CCNc1nncc(Nc2ccccc2C#N)n1.